The lowest BCUT2D eigenvalue weighted by Gasteiger charge is -2.25. The third kappa shape index (κ3) is 3.43. The molecule has 0 saturated heterocycles. The predicted molar refractivity (Wildman–Crippen MR) is 69.7 cm³/mol. The van der Waals surface area contributed by atoms with Gasteiger partial charge in [-0.05, 0) is 26.3 Å². The number of nitrogens with one attached hydrogen (secondary N) is 1. The van der Waals surface area contributed by atoms with Crippen LogP contribution in [0.15, 0.2) is 18.3 Å². The lowest BCUT2D eigenvalue weighted by atomic mass is 10.0. The van der Waals surface area contributed by atoms with Crippen LogP contribution in [0.5, 0.6) is 5.88 Å². The van der Waals surface area contributed by atoms with Gasteiger partial charge < -0.3 is 14.8 Å². The Morgan fingerprint density at radius 3 is 2.61 bits per heavy atom. The van der Waals surface area contributed by atoms with Crippen molar-refractivity contribution >= 4 is 11.6 Å². The number of methoxy groups -OCH3 is 1. The Labute approximate surface area is 108 Å². The lowest BCUT2D eigenvalue weighted by molar-refractivity contribution is -0.136. The molecule has 0 bridgehead atoms. The van der Waals surface area contributed by atoms with Crippen LogP contribution in [0.3, 0.4) is 0 Å². The van der Waals surface area contributed by atoms with E-state index in [1.54, 1.807) is 25.3 Å². The van der Waals surface area contributed by atoms with Crippen molar-refractivity contribution in [2.75, 3.05) is 19.0 Å². The molecule has 1 rings (SSSR count). The zero-order chi connectivity index (χ0) is 13.6. The Morgan fingerprint density at radius 1 is 1.44 bits per heavy atom. The summed E-state index contributed by atoms with van der Waals surface area (Å²) in [6.45, 7) is 6.11. The zero-order valence-electron chi connectivity index (χ0n) is 11.3. The molecule has 1 atom stereocenters. The monoisotopic (exact) mass is 252 g/mol. The fourth-order valence-corrected chi connectivity index (χ4v) is 1.35. The van der Waals surface area contributed by atoms with Crippen molar-refractivity contribution in [1.82, 2.24) is 4.98 Å². The van der Waals surface area contributed by atoms with Gasteiger partial charge in [0.2, 0.25) is 5.88 Å². The van der Waals surface area contributed by atoms with Crippen molar-refractivity contribution in [3.8, 4) is 5.88 Å². The average molecular weight is 252 g/mol. The number of rotatable bonds is 6. The number of hydrogen-bond donors (Lipinski definition) is 1. The lowest BCUT2D eigenvalue weighted by Crippen LogP contribution is -2.41. The summed E-state index contributed by atoms with van der Waals surface area (Å²) in [5.74, 6) is 0.360. The number of anilines is 1. The summed E-state index contributed by atoms with van der Waals surface area (Å²) in [6, 6.07) is 3.47. The molecule has 0 aliphatic heterocycles. The first-order valence-corrected chi connectivity index (χ1v) is 6.01. The minimum atomic E-state index is -0.821. The number of ether oxygens (including phenoxy) is 2. The Balaban J connectivity index is 2.70. The predicted octanol–water partition coefficient (Wildman–Crippen LogP) is 2.23. The third-order valence-corrected chi connectivity index (χ3v) is 2.89. The number of amides is 1. The summed E-state index contributed by atoms with van der Waals surface area (Å²) in [7, 11) is 1.53. The molecule has 0 unspecified atom stereocenters. The Bertz CT molecular complexity index is 386. The molecule has 1 N–H and O–H groups in total. The van der Waals surface area contributed by atoms with Gasteiger partial charge in [0.05, 0.1) is 18.5 Å². The average Bonchev–Trinajstić information content (AvgIpc) is 2.40. The Hall–Kier alpha value is -1.62. The normalized spacial score (nSPS) is 13.8. The van der Waals surface area contributed by atoms with Gasteiger partial charge in [0.15, 0.2) is 0 Å². The van der Waals surface area contributed by atoms with Gasteiger partial charge in [-0.25, -0.2) is 4.98 Å². The molecular weight excluding hydrogens is 232 g/mol. The molecule has 1 heterocycles. The van der Waals surface area contributed by atoms with Crippen LogP contribution in [0.4, 0.5) is 5.69 Å². The molecule has 100 valence electrons. The molecule has 1 aromatic heterocycles. The number of pyridine rings is 1. The topological polar surface area (TPSA) is 60.5 Å². The zero-order valence-corrected chi connectivity index (χ0v) is 11.3. The quantitative estimate of drug-likeness (QED) is 0.843. The van der Waals surface area contributed by atoms with Crippen molar-refractivity contribution in [1.29, 1.82) is 0 Å². The molecule has 18 heavy (non-hydrogen) atoms. The van der Waals surface area contributed by atoms with Gasteiger partial charge in [0.25, 0.3) is 5.91 Å². The minimum absolute atomic E-state index is 0.182. The molecule has 0 spiro atoms. The van der Waals surface area contributed by atoms with Gasteiger partial charge in [-0.3, -0.25) is 4.79 Å². The maximum Gasteiger partial charge on any atom is 0.256 e. The highest BCUT2D eigenvalue weighted by atomic mass is 16.5. The second-order valence-electron chi connectivity index (χ2n) is 4.06. The van der Waals surface area contributed by atoms with E-state index in [1.165, 1.54) is 7.11 Å². The van der Waals surface area contributed by atoms with E-state index in [0.717, 1.165) is 0 Å². The van der Waals surface area contributed by atoms with Gasteiger partial charge >= 0.3 is 0 Å². The number of carbonyl (C=O) groups excluding carboxylic acids is 1. The molecule has 1 aromatic rings. The molecule has 0 fully saturated rings. The molecule has 0 aliphatic rings. The van der Waals surface area contributed by atoms with E-state index in [2.05, 4.69) is 10.3 Å². The summed E-state index contributed by atoms with van der Waals surface area (Å²) >= 11 is 0. The van der Waals surface area contributed by atoms with Crippen LogP contribution < -0.4 is 10.1 Å². The van der Waals surface area contributed by atoms with E-state index in [9.17, 15) is 4.79 Å². The maximum absolute atomic E-state index is 12.0. The highest BCUT2D eigenvalue weighted by molar-refractivity contribution is 5.96. The van der Waals surface area contributed by atoms with Gasteiger partial charge in [-0.15, -0.1) is 0 Å². The second-order valence-corrected chi connectivity index (χ2v) is 4.06. The molecule has 0 aromatic carbocycles. The second kappa shape index (κ2) is 6.35. The van der Waals surface area contributed by atoms with Crippen molar-refractivity contribution in [3.05, 3.63) is 18.3 Å². The Morgan fingerprint density at radius 2 is 2.17 bits per heavy atom. The van der Waals surface area contributed by atoms with Crippen LogP contribution in [0.1, 0.15) is 27.2 Å². The van der Waals surface area contributed by atoms with E-state index in [4.69, 9.17) is 9.47 Å². The van der Waals surface area contributed by atoms with Crippen molar-refractivity contribution < 1.29 is 14.3 Å². The van der Waals surface area contributed by atoms with Crippen LogP contribution in [0.2, 0.25) is 0 Å². The van der Waals surface area contributed by atoms with Crippen LogP contribution >= 0.6 is 0 Å². The molecule has 5 heteroatoms. The van der Waals surface area contributed by atoms with Gasteiger partial charge in [-0.2, -0.15) is 0 Å². The summed E-state index contributed by atoms with van der Waals surface area (Å²) in [5, 5.41) is 2.77. The third-order valence-electron chi connectivity index (χ3n) is 2.89. The van der Waals surface area contributed by atoms with Crippen LogP contribution in [-0.2, 0) is 9.53 Å². The summed E-state index contributed by atoms with van der Waals surface area (Å²) < 4.78 is 10.5. The van der Waals surface area contributed by atoms with Crippen LogP contribution in [-0.4, -0.2) is 30.2 Å². The number of hydrogen-bond acceptors (Lipinski definition) is 4. The first-order valence-electron chi connectivity index (χ1n) is 6.01. The molecule has 1 amide bonds. The van der Waals surface area contributed by atoms with Gasteiger partial charge in [-0.1, -0.05) is 6.92 Å². The smallest absolute Gasteiger partial charge is 0.256 e. The Kier molecular flexibility index (Phi) is 5.09. The number of aromatic nitrogens is 1. The SMILES string of the molecule is CCOc1ccc(NC(=O)[C@@](C)(CC)OC)cn1. The van der Waals surface area contributed by atoms with Crippen molar-refractivity contribution in [3.63, 3.8) is 0 Å². The molecule has 0 saturated carbocycles. The fraction of sp³-hybridized carbons (Fsp3) is 0.538. The molecule has 0 radical (unpaired) electrons. The first kappa shape index (κ1) is 14.4. The van der Waals surface area contributed by atoms with Crippen LogP contribution in [0, 0.1) is 0 Å². The highest BCUT2D eigenvalue weighted by Gasteiger charge is 2.30. The van der Waals surface area contributed by atoms with Crippen molar-refractivity contribution in [2.24, 2.45) is 0 Å². The van der Waals surface area contributed by atoms with E-state index in [-0.39, 0.29) is 5.91 Å². The first-order chi connectivity index (χ1) is 8.55. The molecule has 5 nitrogen and oxygen atoms in total. The van der Waals surface area contributed by atoms with Gasteiger partial charge in [0, 0.05) is 13.2 Å². The molecular formula is C13H20N2O3. The standard InChI is InChI=1S/C13H20N2O3/c1-5-13(3,17-4)12(16)15-10-7-8-11(14-9-10)18-6-2/h7-9H,5-6H2,1-4H3,(H,15,16)/t13-/m1/s1. The minimum Gasteiger partial charge on any atom is -0.478 e. The maximum atomic E-state index is 12.0. The van der Waals surface area contributed by atoms with E-state index < -0.39 is 5.60 Å². The number of carbonyl (C=O) groups is 1. The largest absolute Gasteiger partial charge is 0.478 e. The number of nitrogens with zero attached hydrogens (tertiary/aromatic N) is 1. The van der Waals surface area contributed by atoms with E-state index >= 15 is 0 Å². The summed E-state index contributed by atoms with van der Waals surface area (Å²) in [6.07, 6.45) is 2.16. The summed E-state index contributed by atoms with van der Waals surface area (Å²) in [4.78, 5) is 16.1. The highest BCUT2D eigenvalue weighted by Crippen LogP contribution is 2.18. The van der Waals surface area contributed by atoms with Crippen molar-refractivity contribution in [2.45, 2.75) is 32.8 Å². The van der Waals surface area contributed by atoms with E-state index in [0.29, 0.717) is 24.6 Å². The molecule has 0 aliphatic carbocycles. The van der Waals surface area contributed by atoms with Crippen LogP contribution in [0.25, 0.3) is 0 Å². The van der Waals surface area contributed by atoms with E-state index in [1.807, 2.05) is 13.8 Å². The fourth-order valence-electron chi connectivity index (χ4n) is 1.35. The van der Waals surface area contributed by atoms with Gasteiger partial charge in [0.1, 0.15) is 5.60 Å². The summed E-state index contributed by atoms with van der Waals surface area (Å²) in [5.41, 5.74) is -0.196.